The lowest BCUT2D eigenvalue weighted by molar-refractivity contribution is -0.132. The molecule has 2 fully saturated rings. The monoisotopic (exact) mass is 393 g/mol. The van der Waals surface area contributed by atoms with Crippen molar-refractivity contribution in [2.24, 2.45) is 18.9 Å². The molecule has 2 unspecified atom stereocenters. The van der Waals surface area contributed by atoms with Crippen LogP contribution in [0.1, 0.15) is 36.8 Å². The molecule has 1 amide bonds. The molecule has 1 aromatic carbocycles. The first-order chi connectivity index (χ1) is 14.1. The first-order valence-corrected chi connectivity index (χ1v) is 10.0. The van der Waals surface area contributed by atoms with Crippen LogP contribution in [0.2, 0.25) is 0 Å². The average molecular weight is 393 g/mol. The lowest BCUT2D eigenvalue weighted by atomic mass is 9.94. The van der Waals surface area contributed by atoms with Crippen LogP contribution >= 0.6 is 0 Å². The quantitative estimate of drug-likeness (QED) is 0.717. The number of carbonyl (C=O) groups is 1. The third-order valence-corrected chi connectivity index (χ3v) is 6.12. The maximum Gasteiger partial charge on any atom is 0.343 e. The van der Waals surface area contributed by atoms with E-state index in [0.29, 0.717) is 35.7 Å². The van der Waals surface area contributed by atoms with Gasteiger partial charge in [0.15, 0.2) is 11.6 Å². The molecular formula is C21H23N5O3. The lowest BCUT2D eigenvalue weighted by Crippen LogP contribution is -2.35. The zero-order chi connectivity index (χ0) is 20.0. The van der Waals surface area contributed by atoms with Crippen LogP contribution in [0.25, 0.3) is 11.3 Å². The fourth-order valence-electron chi connectivity index (χ4n) is 4.46. The van der Waals surface area contributed by atoms with E-state index in [4.69, 9.17) is 4.52 Å². The van der Waals surface area contributed by atoms with Gasteiger partial charge in [-0.25, -0.2) is 9.89 Å². The molecule has 1 aliphatic carbocycles. The van der Waals surface area contributed by atoms with Crippen molar-refractivity contribution in [2.75, 3.05) is 6.54 Å². The number of nitrogens with one attached hydrogen (secondary N) is 1. The number of aromatic nitrogens is 4. The van der Waals surface area contributed by atoms with Crippen LogP contribution in [-0.2, 0) is 18.3 Å². The molecule has 8 heteroatoms. The van der Waals surface area contributed by atoms with Crippen molar-refractivity contribution in [3.05, 3.63) is 58.4 Å². The van der Waals surface area contributed by atoms with Gasteiger partial charge in [0.2, 0.25) is 5.91 Å². The minimum atomic E-state index is -0.252. The number of aromatic amines is 1. The van der Waals surface area contributed by atoms with Crippen molar-refractivity contribution < 1.29 is 9.32 Å². The van der Waals surface area contributed by atoms with Crippen LogP contribution in [0.4, 0.5) is 0 Å². The molecule has 1 aliphatic heterocycles. The molecule has 2 aromatic heterocycles. The molecule has 2 atom stereocenters. The number of carbonyl (C=O) groups excluding carboxylic acids is 1. The highest BCUT2D eigenvalue weighted by molar-refractivity contribution is 5.79. The van der Waals surface area contributed by atoms with Gasteiger partial charge in [-0.05, 0) is 31.1 Å². The Labute approximate surface area is 167 Å². The van der Waals surface area contributed by atoms with Crippen LogP contribution in [0.15, 0.2) is 45.7 Å². The number of nitrogens with zero attached hydrogens (tertiary/aromatic N) is 4. The lowest BCUT2D eigenvalue weighted by Gasteiger charge is -2.27. The zero-order valence-corrected chi connectivity index (χ0v) is 16.2. The van der Waals surface area contributed by atoms with Crippen LogP contribution in [0.5, 0.6) is 0 Å². The van der Waals surface area contributed by atoms with E-state index in [1.54, 1.807) is 7.05 Å². The summed E-state index contributed by atoms with van der Waals surface area (Å²) in [5.74, 6) is 2.24. The van der Waals surface area contributed by atoms with E-state index in [0.717, 1.165) is 12.0 Å². The highest BCUT2D eigenvalue weighted by atomic mass is 16.5. The summed E-state index contributed by atoms with van der Waals surface area (Å²) in [6.45, 7) is 0.676. The van der Waals surface area contributed by atoms with Crippen molar-refractivity contribution >= 4 is 5.91 Å². The van der Waals surface area contributed by atoms with E-state index in [2.05, 4.69) is 15.4 Å². The summed E-state index contributed by atoms with van der Waals surface area (Å²) >= 11 is 0. The highest BCUT2D eigenvalue weighted by Gasteiger charge is 2.47. The smallest absolute Gasteiger partial charge is 0.343 e. The minimum Gasteiger partial charge on any atom is -0.356 e. The number of likely N-dealkylation sites (tertiary alicyclic amines) is 1. The summed E-state index contributed by atoms with van der Waals surface area (Å²) in [7, 11) is 1.70. The number of rotatable bonds is 5. The largest absolute Gasteiger partial charge is 0.356 e. The second-order valence-electron chi connectivity index (χ2n) is 7.99. The zero-order valence-electron chi connectivity index (χ0n) is 16.2. The topological polar surface area (TPSA) is 97.0 Å². The molecule has 1 N–H and O–H groups in total. The normalized spacial score (nSPS) is 21.6. The summed E-state index contributed by atoms with van der Waals surface area (Å²) in [4.78, 5) is 27.0. The Morgan fingerprint density at radius 3 is 2.72 bits per heavy atom. The molecule has 8 nitrogen and oxygen atoms in total. The van der Waals surface area contributed by atoms with E-state index >= 15 is 0 Å². The highest BCUT2D eigenvalue weighted by Crippen LogP contribution is 2.49. The van der Waals surface area contributed by atoms with Crippen LogP contribution < -0.4 is 5.69 Å². The molecule has 29 heavy (non-hydrogen) atoms. The number of hydrogen-bond donors (Lipinski definition) is 1. The van der Waals surface area contributed by atoms with E-state index in [9.17, 15) is 9.59 Å². The Kier molecular flexibility index (Phi) is 4.34. The van der Waals surface area contributed by atoms with Crippen molar-refractivity contribution in [1.29, 1.82) is 0 Å². The summed E-state index contributed by atoms with van der Waals surface area (Å²) in [5.41, 5.74) is 1.29. The van der Waals surface area contributed by atoms with Gasteiger partial charge in [0.05, 0.1) is 18.2 Å². The molecule has 0 radical (unpaired) electrons. The van der Waals surface area contributed by atoms with E-state index in [1.807, 2.05) is 41.3 Å². The van der Waals surface area contributed by atoms with Gasteiger partial charge in [0, 0.05) is 25.2 Å². The van der Waals surface area contributed by atoms with Crippen molar-refractivity contribution in [2.45, 2.75) is 31.7 Å². The third-order valence-electron chi connectivity index (χ3n) is 6.12. The number of amides is 1. The molecule has 3 aromatic rings. The molecule has 2 aliphatic rings. The molecule has 1 saturated heterocycles. The number of benzene rings is 1. The Hall–Kier alpha value is -3.16. The van der Waals surface area contributed by atoms with E-state index < -0.39 is 0 Å². The standard InChI is InChI=1S/C21H23N5O3/c1-25-20(22-23-21(25)28)19-16(13-7-8-13)9-10-26(19)18(27)12-15-11-17(29-24-15)14-5-3-2-4-6-14/h2-6,11,13,16,19H,7-10,12H2,1H3,(H,23,28). The molecule has 150 valence electrons. The van der Waals surface area contributed by atoms with Gasteiger partial charge < -0.3 is 9.42 Å². The molecule has 3 heterocycles. The predicted molar refractivity (Wildman–Crippen MR) is 105 cm³/mol. The van der Waals surface area contributed by atoms with Crippen LogP contribution in [-0.4, -0.2) is 37.3 Å². The van der Waals surface area contributed by atoms with Gasteiger partial charge >= 0.3 is 5.69 Å². The Morgan fingerprint density at radius 1 is 1.24 bits per heavy atom. The van der Waals surface area contributed by atoms with Crippen molar-refractivity contribution in [3.8, 4) is 11.3 Å². The fraction of sp³-hybridized carbons (Fsp3) is 0.429. The van der Waals surface area contributed by atoms with Crippen molar-refractivity contribution in [3.63, 3.8) is 0 Å². The van der Waals surface area contributed by atoms with Crippen LogP contribution in [0.3, 0.4) is 0 Å². The average Bonchev–Trinajstić information content (AvgIpc) is 3.16. The Bertz CT molecular complexity index is 1080. The van der Waals surface area contributed by atoms with E-state index in [1.165, 1.54) is 17.4 Å². The first-order valence-electron chi connectivity index (χ1n) is 10.0. The Morgan fingerprint density at radius 2 is 2.03 bits per heavy atom. The Balaban J connectivity index is 1.38. The summed E-state index contributed by atoms with van der Waals surface area (Å²) in [6, 6.07) is 11.4. The number of hydrogen-bond acceptors (Lipinski definition) is 5. The van der Waals surface area contributed by atoms with Gasteiger partial charge in [-0.2, -0.15) is 5.10 Å². The third kappa shape index (κ3) is 3.28. The van der Waals surface area contributed by atoms with Gasteiger partial charge in [-0.1, -0.05) is 35.5 Å². The van der Waals surface area contributed by atoms with Gasteiger partial charge in [-0.15, -0.1) is 0 Å². The van der Waals surface area contributed by atoms with Crippen LogP contribution in [0, 0.1) is 11.8 Å². The second-order valence-corrected chi connectivity index (χ2v) is 7.99. The van der Waals surface area contributed by atoms with Gasteiger partial charge in [0.25, 0.3) is 0 Å². The minimum absolute atomic E-state index is 0.0125. The first kappa shape index (κ1) is 17.9. The predicted octanol–water partition coefficient (Wildman–Crippen LogP) is 2.31. The molecule has 0 spiro atoms. The molecule has 1 saturated carbocycles. The van der Waals surface area contributed by atoms with Crippen molar-refractivity contribution in [1.82, 2.24) is 24.8 Å². The summed E-state index contributed by atoms with van der Waals surface area (Å²) < 4.78 is 6.96. The number of H-pyrrole nitrogens is 1. The second kappa shape index (κ2) is 7.02. The molecule has 0 bridgehead atoms. The molecule has 5 rings (SSSR count). The van der Waals surface area contributed by atoms with Gasteiger partial charge in [0.1, 0.15) is 0 Å². The maximum absolute atomic E-state index is 13.2. The molecular weight excluding hydrogens is 370 g/mol. The summed E-state index contributed by atoms with van der Waals surface area (Å²) in [6.07, 6.45) is 3.48. The van der Waals surface area contributed by atoms with Gasteiger partial charge in [-0.3, -0.25) is 9.36 Å². The summed E-state index contributed by atoms with van der Waals surface area (Å²) in [5, 5.41) is 10.8. The SMILES string of the molecule is Cn1c(C2C(C3CC3)CCN2C(=O)Cc2cc(-c3ccccc3)on2)n[nH]c1=O. The van der Waals surface area contributed by atoms with E-state index in [-0.39, 0.29) is 24.1 Å². The fourth-order valence-corrected chi connectivity index (χ4v) is 4.46. The maximum atomic E-state index is 13.2.